The molecule has 0 amide bonds. The number of benzene rings is 1. The van der Waals surface area contributed by atoms with Crippen molar-refractivity contribution in [3.63, 3.8) is 0 Å². The molecule has 0 N–H and O–H groups in total. The summed E-state index contributed by atoms with van der Waals surface area (Å²) in [6, 6.07) is 6.29. The standard InChI is InChI=1S/C13H15BrN2O/c1-9-11-6-5-10(14)8-12(11)16(15-9)13-4-2-3-7-17-13/h5-6,8,13H,2-4,7H2,1H3. The van der Waals surface area contributed by atoms with Gasteiger partial charge in [0.05, 0.1) is 11.2 Å². The first-order chi connectivity index (χ1) is 8.25. The molecule has 1 aromatic carbocycles. The lowest BCUT2D eigenvalue weighted by Gasteiger charge is -2.23. The third-order valence-electron chi connectivity index (χ3n) is 3.28. The molecule has 1 aromatic heterocycles. The van der Waals surface area contributed by atoms with Crippen LogP contribution in [0.3, 0.4) is 0 Å². The van der Waals surface area contributed by atoms with Gasteiger partial charge in [-0.3, -0.25) is 0 Å². The van der Waals surface area contributed by atoms with Crippen LogP contribution in [-0.4, -0.2) is 16.4 Å². The predicted molar refractivity (Wildman–Crippen MR) is 71.0 cm³/mol. The van der Waals surface area contributed by atoms with Gasteiger partial charge in [0.2, 0.25) is 0 Å². The van der Waals surface area contributed by atoms with Crippen molar-refractivity contribution in [2.75, 3.05) is 6.61 Å². The zero-order chi connectivity index (χ0) is 11.8. The van der Waals surface area contributed by atoms with Gasteiger partial charge in [-0.05, 0) is 44.4 Å². The minimum absolute atomic E-state index is 0.106. The van der Waals surface area contributed by atoms with E-state index in [1.165, 1.54) is 18.2 Å². The van der Waals surface area contributed by atoms with Gasteiger partial charge in [-0.25, -0.2) is 4.68 Å². The Bertz CT molecular complexity index is 544. The highest BCUT2D eigenvalue weighted by Gasteiger charge is 2.19. The van der Waals surface area contributed by atoms with Crippen molar-refractivity contribution in [2.24, 2.45) is 0 Å². The van der Waals surface area contributed by atoms with Crippen LogP contribution in [0.5, 0.6) is 0 Å². The molecule has 4 heteroatoms. The van der Waals surface area contributed by atoms with Crippen molar-refractivity contribution >= 4 is 26.8 Å². The summed E-state index contributed by atoms with van der Waals surface area (Å²) < 4.78 is 8.93. The molecule has 1 saturated heterocycles. The Hall–Kier alpha value is -0.870. The average molecular weight is 295 g/mol. The molecule has 0 radical (unpaired) electrons. The number of fused-ring (bicyclic) bond motifs is 1. The lowest BCUT2D eigenvalue weighted by molar-refractivity contribution is -0.0368. The quantitative estimate of drug-likeness (QED) is 0.800. The molecular weight excluding hydrogens is 280 g/mol. The summed E-state index contributed by atoms with van der Waals surface area (Å²) in [5, 5.41) is 5.84. The largest absolute Gasteiger partial charge is 0.356 e. The number of aromatic nitrogens is 2. The Morgan fingerprint density at radius 3 is 3.06 bits per heavy atom. The van der Waals surface area contributed by atoms with Gasteiger partial charge >= 0.3 is 0 Å². The molecule has 3 nitrogen and oxygen atoms in total. The number of ether oxygens (including phenoxy) is 1. The summed E-state index contributed by atoms with van der Waals surface area (Å²) in [4.78, 5) is 0. The molecule has 3 rings (SSSR count). The van der Waals surface area contributed by atoms with Gasteiger partial charge in [0.25, 0.3) is 0 Å². The Balaban J connectivity index is 2.11. The maximum absolute atomic E-state index is 5.81. The van der Waals surface area contributed by atoms with E-state index in [1.807, 2.05) is 4.68 Å². The van der Waals surface area contributed by atoms with E-state index in [0.717, 1.165) is 28.7 Å². The molecular formula is C13H15BrN2O. The zero-order valence-corrected chi connectivity index (χ0v) is 11.4. The van der Waals surface area contributed by atoms with Crippen molar-refractivity contribution in [1.82, 2.24) is 9.78 Å². The Labute approximate surface area is 109 Å². The maximum Gasteiger partial charge on any atom is 0.150 e. The first-order valence-corrected chi connectivity index (χ1v) is 6.81. The number of hydrogen-bond donors (Lipinski definition) is 0. The fourth-order valence-corrected chi connectivity index (χ4v) is 2.75. The SMILES string of the molecule is Cc1nn(C2CCCCO2)c2cc(Br)ccc12. The second-order valence-corrected chi connectivity index (χ2v) is 5.43. The lowest BCUT2D eigenvalue weighted by Crippen LogP contribution is -2.19. The van der Waals surface area contributed by atoms with E-state index in [1.54, 1.807) is 0 Å². The summed E-state index contributed by atoms with van der Waals surface area (Å²) in [5.74, 6) is 0. The number of aryl methyl sites for hydroxylation is 1. The molecule has 1 aliphatic heterocycles. The van der Waals surface area contributed by atoms with E-state index >= 15 is 0 Å². The molecule has 1 aliphatic rings. The molecule has 0 bridgehead atoms. The van der Waals surface area contributed by atoms with E-state index < -0.39 is 0 Å². The summed E-state index contributed by atoms with van der Waals surface area (Å²) in [6.07, 6.45) is 3.55. The van der Waals surface area contributed by atoms with E-state index in [9.17, 15) is 0 Å². The van der Waals surface area contributed by atoms with Crippen LogP contribution in [0.4, 0.5) is 0 Å². The van der Waals surface area contributed by atoms with Crippen LogP contribution in [0.2, 0.25) is 0 Å². The normalized spacial score (nSPS) is 20.9. The van der Waals surface area contributed by atoms with Crippen LogP contribution in [0, 0.1) is 6.92 Å². The van der Waals surface area contributed by atoms with Crippen LogP contribution in [0.15, 0.2) is 22.7 Å². The van der Waals surface area contributed by atoms with Gasteiger partial charge in [-0.15, -0.1) is 0 Å². The number of nitrogens with zero attached hydrogens (tertiary/aromatic N) is 2. The van der Waals surface area contributed by atoms with E-state index in [0.29, 0.717) is 0 Å². The smallest absolute Gasteiger partial charge is 0.150 e. The Kier molecular flexibility index (Phi) is 2.92. The molecule has 1 fully saturated rings. The first kappa shape index (κ1) is 11.2. The predicted octanol–water partition coefficient (Wildman–Crippen LogP) is 3.81. The molecule has 1 atom stereocenters. The minimum Gasteiger partial charge on any atom is -0.356 e. The number of hydrogen-bond acceptors (Lipinski definition) is 2. The van der Waals surface area contributed by atoms with Gasteiger partial charge in [0, 0.05) is 16.5 Å². The van der Waals surface area contributed by atoms with Crippen LogP contribution in [0.1, 0.15) is 31.2 Å². The molecule has 2 aromatic rings. The van der Waals surface area contributed by atoms with Gasteiger partial charge in [0.15, 0.2) is 6.23 Å². The summed E-state index contributed by atoms with van der Waals surface area (Å²) in [5.41, 5.74) is 2.23. The molecule has 17 heavy (non-hydrogen) atoms. The van der Waals surface area contributed by atoms with E-state index in [4.69, 9.17) is 4.74 Å². The van der Waals surface area contributed by atoms with Crippen molar-refractivity contribution in [2.45, 2.75) is 32.4 Å². The fraction of sp³-hybridized carbons (Fsp3) is 0.462. The van der Waals surface area contributed by atoms with Crippen LogP contribution in [0.25, 0.3) is 10.9 Å². The highest BCUT2D eigenvalue weighted by molar-refractivity contribution is 9.10. The highest BCUT2D eigenvalue weighted by Crippen LogP contribution is 2.29. The number of halogens is 1. The third-order valence-corrected chi connectivity index (χ3v) is 3.78. The molecule has 1 unspecified atom stereocenters. The van der Waals surface area contributed by atoms with Crippen LogP contribution < -0.4 is 0 Å². The third kappa shape index (κ3) is 2.00. The minimum atomic E-state index is 0.106. The number of rotatable bonds is 1. The van der Waals surface area contributed by atoms with E-state index in [2.05, 4.69) is 46.2 Å². The van der Waals surface area contributed by atoms with E-state index in [-0.39, 0.29) is 6.23 Å². The van der Waals surface area contributed by atoms with Gasteiger partial charge < -0.3 is 4.74 Å². The zero-order valence-electron chi connectivity index (χ0n) is 9.82. The van der Waals surface area contributed by atoms with Crippen molar-refractivity contribution < 1.29 is 4.74 Å². The van der Waals surface area contributed by atoms with Gasteiger partial charge in [-0.2, -0.15) is 5.10 Å². The fourth-order valence-electron chi connectivity index (χ4n) is 2.41. The maximum atomic E-state index is 5.81. The second-order valence-electron chi connectivity index (χ2n) is 4.51. The van der Waals surface area contributed by atoms with Crippen molar-refractivity contribution in [3.8, 4) is 0 Å². The molecule has 0 aliphatic carbocycles. The summed E-state index contributed by atoms with van der Waals surface area (Å²) >= 11 is 3.52. The van der Waals surface area contributed by atoms with Crippen LogP contribution >= 0.6 is 15.9 Å². The first-order valence-electron chi connectivity index (χ1n) is 6.02. The average Bonchev–Trinajstić information content (AvgIpc) is 2.67. The molecule has 0 spiro atoms. The molecule has 2 heterocycles. The van der Waals surface area contributed by atoms with Crippen LogP contribution in [-0.2, 0) is 4.74 Å². The Morgan fingerprint density at radius 2 is 2.29 bits per heavy atom. The molecule has 0 saturated carbocycles. The molecule has 90 valence electrons. The van der Waals surface area contributed by atoms with Gasteiger partial charge in [-0.1, -0.05) is 15.9 Å². The highest BCUT2D eigenvalue weighted by atomic mass is 79.9. The summed E-state index contributed by atoms with van der Waals surface area (Å²) in [7, 11) is 0. The second kappa shape index (κ2) is 4.42. The topological polar surface area (TPSA) is 27.1 Å². The van der Waals surface area contributed by atoms with Gasteiger partial charge in [0.1, 0.15) is 0 Å². The lowest BCUT2D eigenvalue weighted by atomic mass is 10.2. The van der Waals surface area contributed by atoms with Crippen molar-refractivity contribution in [1.29, 1.82) is 0 Å². The van der Waals surface area contributed by atoms with Crippen molar-refractivity contribution in [3.05, 3.63) is 28.4 Å². The monoisotopic (exact) mass is 294 g/mol. The summed E-state index contributed by atoms with van der Waals surface area (Å²) in [6.45, 7) is 2.90. The Morgan fingerprint density at radius 1 is 1.41 bits per heavy atom.